The first-order valence-corrected chi connectivity index (χ1v) is 6.36. The number of nitrogens with zero attached hydrogens (tertiary/aromatic N) is 4. The number of nitro groups is 1. The Hall–Kier alpha value is -3.50. The number of phenols is 1. The fourth-order valence-electron chi connectivity index (χ4n) is 1.63. The minimum atomic E-state index is -0.731. The zero-order valence-electron chi connectivity index (χ0n) is 11.9. The van der Waals surface area contributed by atoms with Crippen LogP contribution in [0.2, 0.25) is 0 Å². The van der Waals surface area contributed by atoms with Crippen molar-refractivity contribution in [3.63, 3.8) is 0 Å². The second-order valence-electron chi connectivity index (χ2n) is 4.12. The number of hydrogen-bond acceptors (Lipinski definition) is 9. The number of hydrazone groups is 1. The molecule has 0 atom stereocenters. The van der Waals surface area contributed by atoms with Gasteiger partial charge in [-0.3, -0.25) is 15.5 Å². The van der Waals surface area contributed by atoms with Crippen LogP contribution in [0, 0.1) is 10.1 Å². The number of aromatic nitrogens is 3. The number of ether oxygens (including phenoxy) is 1. The van der Waals surface area contributed by atoms with Crippen molar-refractivity contribution < 1.29 is 14.8 Å². The van der Waals surface area contributed by atoms with Crippen LogP contribution in [-0.4, -0.2) is 38.0 Å². The molecular weight excluding hydrogens is 308 g/mol. The highest BCUT2D eigenvalue weighted by Gasteiger charge is 2.19. The molecule has 0 aliphatic rings. The van der Waals surface area contributed by atoms with E-state index in [9.17, 15) is 20.0 Å². The first-order chi connectivity index (χ1) is 11.0. The minimum Gasteiger partial charge on any atom is -0.500 e. The van der Waals surface area contributed by atoms with E-state index in [4.69, 9.17) is 4.74 Å². The predicted octanol–water partition coefficient (Wildman–Crippen LogP) is 0.623. The van der Waals surface area contributed by atoms with Crippen molar-refractivity contribution in [3.8, 4) is 11.5 Å². The lowest BCUT2D eigenvalue weighted by Gasteiger charge is -2.07. The first-order valence-electron chi connectivity index (χ1n) is 6.36. The Kier molecular flexibility index (Phi) is 4.82. The second kappa shape index (κ2) is 6.98. The van der Waals surface area contributed by atoms with Gasteiger partial charge in [0.1, 0.15) is 0 Å². The summed E-state index contributed by atoms with van der Waals surface area (Å²) >= 11 is 0. The van der Waals surface area contributed by atoms with E-state index in [1.807, 2.05) is 0 Å². The van der Waals surface area contributed by atoms with Gasteiger partial charge in [0.2, 0.25) is 5.75 Å². The summed E-state index contributed by atoms with van der Waals surface area (Å²) < 4.78 is 5.14. The smallest absolute Gasteiger partial charge is 0.363 e. The Balaban J connectivity index is 2.26. The lowest BCUT2D eigenvalue weighted by molar-refractivity contribution is -0.386. The highest BCUT2D eigenvalue weighted by molar-refractivity contribution is 5.83. The van der Waals surface area contributed by atoms with Gasteiger partial charge >= 0.3 is 11.4 Å². The molecule has 0 bridgehead atoms. The topological polar surface area (TPSA) is 156 Å². The molecule has 0 fully saturated rings. The van der Waals surface area contributed by atoms with Crippen LogP contribution < -0.4 is 15.9 Å². The van der Waals surface area contributed by atoms with Gasteiger partial charge in [0.15, 0.2) is 11.6 Å². The van der Waals surface area contributed by atoms with E-state index in [1.54, 1.807) is 6.92 Å². The molecule has 0 unspecified atom stereocenters. The van der Waals surface area contributed by atoms with Crippen LogP contribution in [0.4, 0.5) is 11.5 Å². The third-order valence-electron chi connectivity index (χ3n) is 2.54. The SMILES string of the molecule is CCOc1cc(/C=N/Nc2cn[nH]c(=O)n2)cc([N+](=O)[O-])c1O. The summed E-state index contributed by atoms with van der Waals surface area (Å²) in [6.45, 7) is 1.91. The molecule has 0 aliphatic carbocycles. The van der Waals surface area contributed by atoms with E-state index in [1.165, 1.54) is 18.5 Å². The van der Waals surface area contributed by atoms with Gasteiger partial charge in [0.25, 0.3) is 0 Å². The lowest BCUT2D eigenvalue weighted by Crippen LogP contribution is -2.13. The number of aromatic amines is 1. The van der Waals surface area contributed by atoms with Crippen LogP contribution in [0.5, 0.6) is 11.5 Å². The predicted molar refractivity (Wildman–Crippen MR) is 79.8 cm³/mol. The maximum absolute atomic E-state index is 11.0. The zero-order chi connectivity index (χ0) is 16.8. The summed E-state index contributed by atoms with van der Waals surface area (Å²) in [5, 5.41) is 30.1. The number of anilines is 1. The number of nitrogens with one attached hydrogen (secondary N) is 2. The van der Waals surface area contributed by atoms with Crippen LogP contribution in [0.3, 0.4) is 0 Å². The molecule has 1 aromatic carbocycles. The van der Waals surface area contributed by atoms with Crippen molar-refractivity contribution in [2.75, 3.05) is 12.0 Å². The highest BCUT2D eigenvalue weighted by Crippen LogP contribution is 2.36. The molecule has 11 nitrogen and oxygen atoms in total. The number of rotatable bonds is 6. The molecule has 0 saturated heterocycles. The van der Waals surface area contributed by atoms with Crippen LogP contribution in [0.15, 0.2) is 28.2 Å². The molecule has 0 amide bonds. The lowest BCUT2D eigenvalue weighted by atomic mass is 10.2. The van der Waals surface area contributed by atoms with Gasteiger partial charge in [-0.05, 0) is 13.0 Å². The maximum Gasteiger partial charge on any atom is 0.363 e. The van der Waals surface area contributed by atoms with Gasteiger partial charge in [-0.2, -0.15) is 15.2 Å². The zero-order valence-corrected chi connectivity index (χ0v) is 11.9. The average molecular weight is 320 g/mol. The molecule has 1 heterocycles. The van der Waals surface area contributed by atoms with Gasteiger partial charge in [-0.1, -0.05) is 0 Å². The summed E-state index contributed by atoms with van der Waals surface area (Å²) in [7, 11) is 0. The summed E-state index contributed by atoms with van der Waals surface area (Å²) in [6.07, 6.45) is 2.49. The second-order valence-corrected chi connectivity index (χ2v) is 4.12. The summed E-state index contributed by atoms with van der Waals surface area (Å²) in [5.74, 6) is -0.482. The number of phenolic OH excluding ortho intramolecular Hbond substituents is 1. The van der Waals surface area contributed by atoms with Crippen LogP contribution in [-0.2, 0) is 0 Å². The van der Waals surface area contributed by atoms with Crippen LogP contribution in [0.1, 0.15) is 12.5 Å². The van der Waals surface area contributed by atoms with E-state index in [0.717, 1.165) is 6.07 Å². The molecule has 3 N–H and O–H groups in total. The molecule has 0 spiro atoms. The van der Waals surface area contributed by atoms with Crippen LogP contribution in [0.25, 0.3) is 0 Å². The highest BCUT2D eigenvalue weighted by atomic mass is 16.6. The minimum absolute atomic E-state index is 0.0286. The Morgan fingerprint density at radius 3 is 3.00 bits per heavy atom. The Morgan fingerprint density at radius 2 is 2.35 bits per heavy atom. The molecule has 120 valence electrons. The van der Waals surface area contributed by atoms with Gasteiger partial charge in [0, 0.05) is 11.6 Å². The van der Waals surface area contributed by atoms with Crippen molar-refractivity contribution in [3.05, 3.63) is 44.5 Å². The van der Waals surface area contributed by atoms with E-state index in [-0.39, 0.29) is 18.2 Å². The Labute approximate surface area is 128 Å². The van der Waals surface area contributed by atoms with Gasteiger partial charge in [-0.15, -0.1) is 0 Å². The average Bonchev–Trinajstić information content (AvgIpc) is 2.50. The van der Waals surface area contributed by atoms with Gasteiger partial charge in [-0.25, -0.2) is 9.89 Å². The van der Waals surface area contributed by atoms with Crippen molar-refractivity contribution in [2.24, 2.45) is 5.10 Å². The fourth-order valence-corrected chi connectivity index (χ4v) is 1.63. The monoisotopic (exact) mass is 320 g/mol. The molecule has 2 aromatic rings. The third-order valence-corrected chi connectivity index (χ3v) is 2.54. The third kappa shape index (κ3) is 4.00. The van der Waals surface area contributed by atoms with Crippen LogP contribution >= 0.6 is 0 Å². The Bertz CT molecular complexity index is 803. The molecule has 0 radical (unpaired) electrons. The maximum atomic E-state index is 11.0. The fraction of sp³-hybridized carbons (Fsp3) is 0.167. The molecule has 23 heavy (non-hydrogen) atoms. The Morgan fingerprint density at radius 1 is 1.57 bits per heavy atom. The molecule has 1 aromatic heterocycles. The van der Waals surface area contributed by atoms with Crippen molar-refractivity contribution in [1.82, 2.24) is 15.2 Å². The van der Waals surface area contributed by atoms with Crippen molar-refractivity contribution >= 4 is 17.7 Å². The quantitative estimate of drug-likeness (QED) is 0.397. The normalized spacial score (nSPS) is 10.7. The van der Waals surface area contributed by atoms with E-state index >= 15 is 0 Å². The van der Waals surface area contributed by atoms with Crippen molar-refractivity contribution in [1.29, 1.82) is 0 Å². The number of nitro benzene ring substituents is 1. The number of H-pyrrole nitrogens is 1. The number of hydrogen-bond donors (Lipinski definition) is 3. The summed E-state index contributed by atoms with van der Waals surface area (Å²) in [5.41, 5.74) is 1.60. The van der Waals surface area contributed by atoms with Gasteiger partial charge in [0.05, 0.1) is 23.9 Å². The standard InChI is InChI=1S/C12H12N6O5/c1-2-23-9-4-7(3-8(11(9)19)18(21)22)5-13-16-10-6-14-17-12(20)15-10/h3-6,19H,2H2,1H3,(H2,15,16,17,20)/b13-5+. The van der Waals surface area contributed by atoms with Crippen molar-refractivity contribution in [2.45, 2.75) is 6.92 Å². The first kappa shape index (κ1) is 15.9. The molecule has 0 aliphatic heterocycles. The molecule has 0 saturated carbocycles. The molecular formula is C12H12N6O5. The summed E-state index contributed by atoms with van der Waals surface area (Å²) in [4.78, 5) is 24.7. The largest absolute Gasteiger partial charge is 0.500 e. The summed E-state index contributed by atoms with van der Waals surface area (Å²) in [6, 6.07) is 2.52. The number of benzene rings is 1. The van der Waals surface area contributed by atoms with Gasteiger partial charge < -0.3 is 9.84 Å². The number of aromatic hydroxyl groups is 1. The van der Waals surface area contributed by atoms with E-state index < -0.39 is 22.0 Å². The molecule has 11 heteroatoms. The van der Waals surface area contributed by atoms with E-state index in [0.29, 0.717) is 5.56 Å². The molecule has 2 rings (SSSR count). The van der Waals surface area contributed by atoms with E-state index in [2.05, 4.69) is 25.7 Å².